The van der Waals surface area contributed by atoms with Gasteiger partial charge < -0.3 is 10.3 Å². The molecule has 0 aliphatic rings. The molecule has 3 heterocycles. The van der Waals surface area contributed by atoms with Crippen LogP contribution in [0.2, 0.25) is 5.02 Å². The second-order valence-electron chi connectivity index (χ2n) is 5.42. The van der Waals surface area contributed by atoms with Crippen LogP contribution in [0.3, 0.4) is 0 Å². The molecule has 9 nitrogen and oxygen atoms in total. The van der Waals surface area contributed by atoms with Crippen LogP contribution in [0.5, 0.6) is 0 Å². The molecule has 11 heteroatoms. The minimum atomic E-state index is 0.394. The van der Waals surface area contributed by atoms with E-state index in [0.29, 0.717) is 16.4 Å². The Labute approximate surface area is 157 Å². The molecule has 3 aromatic heterocycles. The van der Waals surface area contributed by atoms with E-state index in [1.54, 1.807) is 22.8 Å². The largest absolute Gasteiger partial charge is 0.382 e. The number of anilines is 1. The van der Waals surface area contributed by atoms with Crippen molar-refractivity contribution in [2.24, 2.45) is 0 Å². The van der Waals surface area contributed by atoms with Gasteiger partial charge in [0.05, 0.1) is 12.0 Å². The molecule has 2 N–H and O–H groups in total. The molecule has 132 valence electrons. The van der Waals surface area contributed by atoms with Crippen LogP contribution >= 0.6 is 23.4 Å². The number of hydrogen-bond acceptors (Lipinski definition) is 8. The van der Waals surface area contributed by atoms with Crippen LogP contribution < -0.4 is 5.73 Å². The second-order valence-corrected chi connectivity index (χ2v) is 6.92. The highest BCUT2D eigenvalue weighted by molar-refractivity contribution is 7.99. The third-order valence-corrected chi connectivity index (χ3v) is 4.97. The Morgan fingerprint density at radius 3 is 2.81 bits per heavy atom. The van der Waals surface area contributed by atoms with Gasteiger partial charge in [-0.3, -0.25) is 0 Å². The van der Waals surface area contributed by atoms with E-state index in [1.807, 2.05) is 28.8 Å². The Bertz CT molecular complexity index is 1030. The molecule has 0 saturated carbocycles. The Hall–Kier alpha value is -2.72. The molecule has 1 aromatic carbocycles. The molecule has 0 amide bonds. The lowest BCUT2D eigenvalue weighted by Gasteiger charge is -2.05. The summed E-state index contributed by atoms with van der Waals surface area (Å²) in [5.74, 6) is 1.24. The number of benzene rings is 1. The number of nitrogens with zero attached hydrogens (tertiary/aromatic N) is 8. The fourth-order valence-electron chi connectivity index (χ4n) is 2.47. The van der Waals surface area contributed by atoms with Crippen LogP contribution in [0.1, 0.15) is 6.42 Å². The van der Waals surface area contributed by atoms with E-state index in [2.05, 4.69) is 30.5 Å². The molecule has 4 rings (SSSR count). The Balaban J connectivity index is 1.39. The lowest BCUT2D eigenvalue weighted by molar-refractivity contribution is 0.694. The maximum Gasteiger partial charge on any atom is 0.214 e. The number of fused-ring (bicyclic) bond motifs is 1. The molecular formula is C15H14ClN9S. The van der Waals surface area contributed by atoms with Crippen LogP contribution in [0.15, 0.2) is 42.1 Å². The Kier molecular flexibility index (Phi) is 4.67. The average molecular weight is 388 g/mol. The minimum Gasteiger partial charge on any atom is -0.382 e. The van der Waals surface area contributed by atoms with Gasteiger partial charge in [-0.05, 0) is 41.1 Å². The first-order valence-corrected chi connectivity index (χ1v) is 9.17. The zero-order valence-corrected chi connectivity index (χ0v) is 15.1. The highest BCUT2D eigenvalue weighted by atomic mass is 35.5. The van der Waals surface area contributed by atoms with Gasteiger partial charge in [0.15, 0.2) is 11.5 Å². The number of aromatic nitrogens is 8. The smallest absolute Gasteiger partial charge is 0.214 e. The Morgan fingerprint density at radius 2 is 1.96 bits per heavy atom. The summed E-state index contributed by atoms with van der Waals surface area (Å²) in [4.78, 5) is 12.5. The van der Waals surface area contributed by atoms with Crippen LogP contribution in [0.4, 0.5) is 5.82 Å². The lowest BCUT2D eigenvalue weighted by atomic mass is 10.3. The summed E-state index contributed by atoms with van der Waals surface area (Å²) in [5, 5.41) is 13.3. The van der Waals surface area contributed by atoms with Crippen molar-refractivity contribution < 1.29 is 0 Å². The van der Waals surface area contributed by atoms with Crippen molar-refractivity contribution in [2.75, 3.05) is 11.5 Å². The van der Waals surface area contributed by atoms with Crippen molar-refractivity contribution in [1.82, 2.24) is 39.7 Å². The number of imidazole rings is 1. The highest BCUT2D eigenvalue weighted by Gasteiger charge is 2.10. The van der Waals surface area contributed by atoms with Gasteiger partial charge in [-0.1, -0.05) is 23.4 Å². The molecule has 0 saturated heterocycles. The maximum absolute atomic E-state index is 5.92. The Morgan fingerprint density at radius 1 is 1.12 bits per heavy atom. The van der Waals surface area contributed by atoms with Crippen LogP contribution in [0.25, 0.3) is 16.9 Å². The molecule has 0 unspecified atom stereocenters. The number of nitrogen functional groups attached to an aromatic ring is 1. The summed E-state index contributed by atoms with van der Waals surface area (Å²) in [6.07, 6.45) is 4.08. The van der Waals surface area contributed by atoms with Crippen molar-refractivity contribution in [3.63, 3.8) is 0 Å². The summed E-state index contributed by atoms with van der Waals surface area (Å²) in [6.45, 7) is 0.766. The molecule has 26 heavy (non-hydrogen) atoms. The maximum atomic E-state index is 5.92. The number of thioether (sulfide) groups is 1. The van der Waals surface area contributed by atoms with Crippen molar-refractivity contribution in [3.8, 4) is 5.69 Å². The predicted octanol–water partition coefficient (Wildman–Crippen LogP) is 2.22. The number of nitrogens with two attached hydrogens (primary N) is 1. The molecule has 0 aliphatic carbocycles. The fraction of sp³-hybridized carbons (Fsp3) is 0.200. The molecule has 0 atom stereocenters. The van der Waals surface area contributed by atoms with Gasteiger partial charge in [-0.25, -0.2) is 15.0 Å². The molecule has 0 spiro atoms. The number of hydrogen-bond donors (Lipinski definition) is 1. The van der Waals surface area contributed by atoms with Gasteiger partial charge in [0.25, 0.3) is 0 Å². The fourth-order valence-corrected chi connectivity index (χ4v) is 3.41. The van der Waals surface area contributed by atoms with Crippen LogP contribution in [0, 0.1) is 0 Å². The van der Waals surface area contributed by atoms with Crippen LogP contribution in [-0.2, 0) is 6.54 Å². The zero-order chi connectivity index (χ0) is 17.9. The van der Waals surface area contributed by atoms with E-state index < -0.39 is 0 Å². The lowest BCUT2D eigenvalue weighted by Crippen LogP contribution is -2.02. The molecular weight excluding hydrogens is 374 g/mol. The first-order valence-electron chi connectivity index (χ1n) is 7.81. The van der Waals surface area contributed by atoms with E-state index in [0.717, 1.165) is 35.2 Å². The minimum absolute atomic E-state index is 0.394. The molecule has 0 aliphatic heterocycles. The van der Waals surface area contributed by atoms with Gasteiger partial charge in [-0.15, -0.1) is 5.10 Å². The highest BCUT2D eigenvalue weighted by Crippen LogP contribution is 2.21. The van der Waals surface area contributed by atoms with E-state index >= 15 is 0 Å². The van der Waals surface area contributed by atoms with Crippen molar-refractivity contribution in [3.05, 3.63) is 41.9 Å². The van der Waals surface area contributed by atoms with E-state index in [9.17, 15) is 0 Å². The van der Waals surface area contributed by atoms with Crippen molar-refractivity contribution in [2.45, 2.75) is 18.1 Å². The summed E-state index contributed by atoms with van der Waals surface area (Å²) in [5.41, 5.74) is 8.05. The summed E-state index contributed by atoms with van der Waals surface area (Å²) in [7, 11) is 0. The molecule has 0 radical (unpaired) electrons. The van der Waals surface area contributed by atoms with Gasteiger partial charge in [-0.2, -0.15) is 4.68 Å². The standard InChI is InChI=1S/C15H14ClN9S/c16-10-2-4-11(5-3-10)25-15(21-22-23-25)26-7-1-6-24-9-20-12-13(17)18-8-19-14(12)24/h2-5,8-9H,1,6-7H2,(H2,17,18,19). The normalized spacial score (nSPS) is 11.3. The van der Waals surface area contributed by atoms with Crippen molar-refractivity contribution in [1.29, 1.82) is 0 Å². The molecule has 0 fully saturated rings. The number of tetrazole rings is 1. The number of aryl methyl sites for hydroxylation is 1. The monoisotopic (exact) mass is 387 g/mol. The average Bonchev–Trinajstić information content (AvgIpc) is 3.27. The van der Waals surface area contributed by atoms with E-state index in [4.69, 9.17) is 17.3 Å². The summed E-state index contributed by atoms with van der Waals surface area (Å²) >= 11 is 7.51. The summed E-state index contributed by atoms with van der Waals surface area (Å²) < 4.78 is 3.66. The van der Waals surface area contributed by atoms with Gasteiger partial charge in [0.2, 0.25) is 5.16 Å². The number of rotatable bonds is 6. The van der Waals surface area contributed by atoms with E-state index in [1.165, 1.54) is 6.33 Å². The van der Waals surface area contributed by atoms with Gasteiger partial charge >= 0.3 is 0 Å². The first-order chi connectivity index (χ1) is 12.7. The third-order valence-electron chi connectivity index (χ3n) is 3.72. The molecule has 4 aromatic rings. The topological polar surface area (TPSA) is 113 Å². The molecule has 0 bridgehead atoms. The zero-order valence-electron chi connectivity index (χ0n) is 13.5. The van der Waals surface area contributed by atoms with Gasteiger partial charge in [0, 0.05) is 17.3 Å². The summed E-state index contributed by atoms with van der Waals surface area (Å²) in [6, 6.07) is 7.38. The van der Waals surface area contributed by atoms with E-state index in [-0.39, 0.29) is 0 Å². The van der Waals surface area contributed by atoms with Gasteiger partial charge in [0.1, 0.15) is 11.8 Å². The SMILES string of the molecule is Nc1ncnc2c1ncn2CCCSc1nnnn1-c1ccc(Cl)cc1. The second kappa shape index (κ2) is 7.26. The quantitative estimate of drug-likeness (QED) is 0.395. The third kappa shape index (κ3) is 3.33. The predicted molar refractivity (Wildman–Crippen MR) is 99.2 cm³/mol. The van der Waals surface area contributed by atoms with Crippen molar-refractivity contribution >= 4 is 40.3 Å². The van der Waals surface area contributed by atoms with Crippen LogP contribution in [-0.4, -0.2) is 45.5 Å². The first kappa shape index (κ1) is 16.7. The number of halogens is 1.